The van der Waals surface area contributed by atoms with Crippen LogP contribution in [0.1, 0.15) is 25.3 Å². The molecule has 0 aliphatic rings. The summed E-state index contributed by atoms with van der Waals surface area (Å²) in [4.78, 5) is 22.1. The molecule has 32 heavy (non-hydrogen) atoms. The van der Waals surface area contributed by atoms with Gasteiger partial charge in [-0.3, -0.25) is 0 Å². The summed E-state index contributed by atoms with van der Waals surface area (Å²) in [6, 6.07) is 10.7. The van der Waals surface area contributed by atoms with Crippen molar-refractivity contribution in [2.24, 2.45) is 0 Å². The number of hydrogen-bond acceptors (Lipinski definition) is 10. The summed E-state index contributed by atoms with van der Waals surface area (Å²) >= 11 is 3.22. The Kier molecular flexibility index (Phi) is 13.5. The highest BCUT2D eigenvalue weighted by molar-refractivity contribution is 8.01. The molecule has 2 atom stereocenters. The summed E-state index contributed by atoms with van der Waals surface area (Å²) in [5.74, 6) is -2.47. The standard InChI is InChI=1S/C16H24N4S2.C4H6O6/c1-2-10-20(12-9-14-7-4-3-5-8-14)11-6-13-21-16-19-18-15(17)22-16;5-1(3(7)8)2(6)4(9)10/h3-5,7-8H,2,6,9-13H2,1H3,(H2,17,18);1-2,5-6H,(H,7,8)(H,9,10). The minimum Gasteiger partial charge on any atom is -0.479 e. The van der Waals surface area contributed by atoms with Gasteiger partial charge in [0.05, 0.1) is 0 Å². The average Bonchev–Trinajstić information content (AvgIpc) is 3.19. The summed E-state index contributed by atoms with van der Waals surface area (Å²) < 4.78 is 0.976. The molecule has 178 valence electrons. The number of aliphatic hydroxyl groups is 2. The number of thioether (sulfide) groups is 1. The first-order valence-electron chi connectivity index (χ1n) is 10.0. The van der Waals surface area contributed by atoms with Crippen molar-refractivity contribution >= 4 is 40.2 Å². The van der Waals surface area contributed by atoms with Gasteiger partial charge in [-0.1, -0.05) is 60.4 Å². The number of aromatic nitrogens is 2. The average molecular weight is 487 g/mol. The quantitative estimate of drug-likeness (QED) is 0.205. The van der Waals surface area contributed by atoms with Crippen LogP contribution in [-0.4, -0.2) is 85.1 Å². The molecule has 2 aromatic rings. The van der Waals surface area contributed by atoms with Crippen molar-refractivity contribution in [1.82, 2.24) is 15.1 Å². The molecule has 0 spiro atoms. The molecule has 2 unspecified atom stereocenters. The van der Waals surface area contributed by atoms with E-state index in [0.29, 0.717) is 5.13 Å². The number of nitrogen functional groups attached to an aromatic ring is 1. The third-order valence-corrected chi connectivity index (χ3v) is 6.14. The van der Waals surface area contributed by atoms with E-state index in [0.717, 1.165) is 29.6 Å². The van der Waals surface area contributed by atoms with E-state index in [-0.39, 0.29) is 0 Å². The highest BCUT2D eigenvalue weighted by Crippen LogP contribution is 2.23. The minimum atomic E-state index is -2.27. The lowest BCUT2D eigenvalue weighted by atomic mass is 10.1. The van der Waals surface area contributed by atoms with Crippen LogP contribution in [0.2, 0.25) is 0 Å². The molecule has 0 radical (unpaired) electrons. The molecule has 1 aromatic carbocycles. The van der Waals surface area contributed by atoms with E-state index >= 15 is 0 Å². The van der Waals surface area contributed by atoms with Crippen LogP contribution in [0.5, 0.6) is 0 Å². The summed E-state index contributed by atoms with van der Waals surface area (Å²) in [6.45, 7) is 5.69. The Morgan fingerprint density at radius 3 is 2.19 bits per heavy atom. The lowest BCUT2D eigenvalue weighted by molar-refractivity contribution is -0.165. The van der Waals surface area contributed by atoms with Gasteiger partial charge in [-0.15, -0.1) is 10.2 Å². The van der Waals surface area contributed by atoms with E-state index in [9.17, 15) is 9.59 Å². The summed E-state index contributed by atoms with van der Waals surface area (Å²) in [6.07, 6.45) is -1.04. The monoisotopic (exact) mass is 486 g/mol. The van der Waals surface area contributed by atoms with Crippen LogP contribution in [0.3, 0.4) is 0 Å². The molecule has 2 rings (SSSR count). The first kappa shape index (κ1) is 27.8. The van der Waals surface area contributed by atoms with Gasteiger partial charge in [-0.2, -0.15) is 0 Å². The van der Waals surface area contributed by atoms with Gasteiger partial charge in [0.25, 0.3) is 0 Å². The maximum absolute atomic E-state index is 9.77. The molecule has 1 heterocycles. The lowest BCUT2D eigenvalue weighted by Crippen LogP contribution is -2.39. The van der Waals surface area contributed by atoms with Crippen LogP contribution >= 0.6 is 23.1 Å². The van der Waals surface area contributed by atoms with Gasteiger partial charge in [0.15, 0.2) is 16.5 Å². The molecule has 12 heteroatoms. The topological polar surface area (TPSA) is 170 Å². The zero-order valence-electron chi connectivity index (χ0n) is 17.8. The second kappa shape index (κ2) is 15.5. The third kappa shape index (κ3) is 11.4. The Bertz CT molecular complexity index is 790. The van der Waals surface area contributed by atoms with Gasteiger partial charge in [0, 0.05) is 12.3 Å². The smallest absolute Gasteiger partial charge is 0.335 e. The van der Waals surface area contributed by atoms with Crippen molar-refractivity contribution in [1.29, 1.82) is 0 Å². The van der Waals surface area contributed by atoms with Gasteiger partial charge in [-0.25, -0.2) is 9.59 Å². The Labute approximate surface area is 195 Å². The van der Waals surface area contributed by atoms with Crippen molar-refractivity contribution in [3.05, 3.63) is 35.9 Å². The molecule has 0 aliphatic carbocycles. The van der Waals surface area contributed by atoms with Crippen molar-refractivity contribution in [2.45, 2.75) is 42.7 Å². The predicted octanol–water partition coefficient (Wildman–Crippen LogP) is 1.43. The van der Waals surface area contributed by atoms with Crippen molar-refractivity contribution in [2.75, 3.05) is 31.1 Å². The summed E-state index contributed by atoms with van der Waals surface area (Å²) in [5, 5.41) is 41.0. The number of aliphatic hydroxyl groups excluding tert-OH is 2. The number of nitrogens with two attached hydrogens (primary N) is 1. The van der Waals surface area contributed by atoms with Crippen LogP contribution in [0.25, 0.3) is 0 Å². The number of carboxylic acids is 2. The fourth-order valence-corrected chi connectivity index (χ4v) is 4.21. The van der Waals surface area contributed by atoms with Crippen LogP contribution < -0.4 is 5.73 Å². The van der Waals surface area contributed by atoms with E-state index < -0.39 is 24.1 Å². The number of hydrogen-bond donors (Lipinski definition) is 5. The van der Waals surface area contributed by atoms with E-state index in [1.165, 1.54) is 36.3 Å². The maximum Gasteiger partial charge on any atom is 0.335 e. The normalized spacial score (nSPS) is 12.6. The molecule has 0 aliphatic heterocycles. The lowest BCUT2D eigenvalue weighted by Gasteiger charge is -2.21. The summed E-state index contributed by atoms with van der Waals surface area (Å²) in [7, 11) is 0. The minimum absolute atomic E-state index is 0.554. The largest absolute Gasteiger partial charge is 0.479 e. The van der Waals surface area contributed by atoms with Gasteiger partial charge in [0.1, 0.15) is 0 Å². The number of benzene rings is 1. The molecular formula is C20H30N4O6S2. The number of carbonyl (C=O) groups is 2. The van der Waals surface area contributed by atoms with Gasteiger partial charge in [0.2, 0.25) is 5.13 Å². The van der Waals surface area contributed by atoms with E-state index in [4.69, 9.17) is 26.2 Å². The Morgan fingerprint density at radius 2 is 1.69 bits per heavy atom. The predicted molar refractivity (Wildman–Crippen MR) is 124 cm³/mol. The molecule has 0 saturated carbocycles. The number of anilines is 1. The first-order chi connectivity index (χ1) is 15.2. The number of aliphatic carboxylic acids is 2. The second-order valence-corrected chi connectivity index (χ2v) is 9.10. The van der Waals surface area contributed by atoms with Crippen molar-refractivity contribution < 1.29 is 30.0 Å². The molecule has 0 bridgehead atoms. The first-order valence-corrected chi connectivity index (χ1v) is 11.8. The highest BCUT2D eigenvalue weighted by atomic mass is 32.2. The van der Waals surface area contributed by atoms with Gasteiger partial charge >= 0.3 is 11.9 Å². The van der Waals surface area contributed by atoms with Crippen molar-refractivity contribution in [3.8, 4) is 0 Å². The molecule has 10 nitrogen and oxygen atoms in total. The van der Waals surface area contributed by atoms with Gasteiger partial charge < -0.3 is 31.1 Å². The molecule has 0 saturated heterocycles. The molecule has 6 N–H and O–H groups in total. The molecule has 1 aromatic heterocycles. The molecule has 0 fully saturated rings. The van der Waals surface area contributed by atoms with E-state index in [1.54, 1.807) is 11.8 Å². The molecule has 0 amide bonds. The van der Waals surface area contributed by atoms with Crippen molar-refractivity contribution in [3.63, 3.8) is 0 Å². The van der Waals surface area contributed by atoms with Crippen LogP contribution in [0.4, 0.5) is 5.13 Å². The van der Waals surface area contributed by atoms with E-state index in [2.05, 4.69) is 52.4 Å². The highest BCUT2D eigenvalue weighted by Gasteiger charge is 2.29. The fraction of sp³-hybridized carbons (Fsp3) is 0.500. The maximum atomic E-state index is 9.77. The fourth-order valence-electron chi connectivity index (χ4n) is 2.58. The Balaban J connectivity index is 0.000000433. The Hall–Kier alpha value is -2.25. The zero-order chi connectivity index (χ0) is 23.9. The van der Waals surface area contributed by atoms with Crippen LogP contribution in [0.15, 0.2) is 34.7 Å². The van der Waals surface area contributed by atoms with Crippen LogP contribution in [-0.2, 0) is 16.0 Å². The summed E-state index contributed by atoms with van der Waals surface area (Å²) in [5.41, 5.74) is 7.01. The molecular weight excluding hydrogens is 456 g/mol. The Morgan fingerprint density at radius 1 is 1.06 bits per heavy atom. The zero-order valence-corrected chi connectivity index (χ0v) is 19.5. The van der Waals surface area contributed by atoms with E-state index in [1.807, 2.05) is 0 Å². The SMILES string of the molecule is CCCN(CCCSc1nnc(N)s1)CCc1ccccc1.O=C(O)C(O)C(O)C(=O)O. The number of carboxylic acid groups (broad SMARTS) is 2. The second-order valence-electron chi connectivity index (χ2n) is 6.75. The van der Waals surface area contributed by atoms with Crippen LogP contribution in [0, 0.1) is 0 Å². The number of rotatable bonds is 13. The van der Waals surface area contributed by atoms with Gasteiger partial charge in [-0.05, 0) is 37.9 Å². The third-order valence-electron chi connectivity index (χ3n) is 4.17. The number of nitrogens with zero attached hydrogens (tertiary/aromatic N) is 3.